The van der Waals surface area contributed by atoms with E-state index in [1.54, 1.807) is 13.2 Å². The molecule has 0 aromatic heterocycles. The van der Waals surface area contributed by atoms with Gasteiger partial charge >= 0.3 is 5.97 Å². The van der Waals surface area contributed by atoms with Gasteiger partial charge in [0.05, 0.1) is 18.9 Å². The molecule has 4 fully saturated rings. The van der Waals surface area contributed by atoms with Crippen molar-refractivity contribution in [3.63, 3.8) is 0 Å². The summed E-state index contributed by atoms with van der Waals surface area (Å²) in [7, 11) is 1.67. The molecule has 3 saturated heterocycles. The van der Waals surface area contributed by atoms with Gasteiger partial charge in [-0.3, -0.25) is 14.5 Å². The first-order valence-electron chi connectivity index (χ1n) is 15.8. The highest BCUT2D eigenvalue weighted by Gasteiger charge is 2.45. The minimum atomic E-state index is -0.751. The Morgan fingerprint density at radius 2 is 1.62 bits per heavy atom. The summed E-state index contributed by atoms with van der Waals surface area (Å²) in [6.07, 6.45) is 6.09. The molecule has 4 aliphatic rings. The van der Waals surface area contributed by atoms with E-state index in [0.717, 1.165) is 30.1 Å². The van der Waals surface area contributed by atoms with Crippen LogP contribution in [0.25, 0.3) is 0 Å². The smallest absolute Gasteiger partial charge is 0.306 e. The number of benzene rings is 2. The summed E-state index contributed by atoms with van der Waals surface area (Å²) >= 11 is 0. The van der Waals surface area contributed by atoms with Crippen molar-refractivity contribution in [2.45, 2.75) is 63.3 Å². The lowest BCUT2D eigenvalue weighted by Crippen LogP contribution is -2.39. The fourth-order valence-corrected chi connectivity index (χ4v) is 8.10. The van der Waals surface area contributed by atoms with Crippen molar-refractivity contribution in [3.05, 3.63) is 59.4 Å². The minimum absolute atomic E-state index is 0.0901. The van der Waals surface area contributed by atoms with Gasteiger partial charge in [-0.1, -0.05) is 38.0 Å². The SMILES string of the molecule is COc1ccc([C@@H]2CN(C3CCCC3)C[C@H]2C(=O)N2C[C@H](c3ccc(F)cc3N3CCC(C(=O)O)CC3)[C@@H](C)C2)cc1. The molecule has 1 aliphatic carbocycles. The molecule has 0 bridgehead atoms. The molecule has 1 saturated carbocycles. The predicted molar refractivity (Wildman–Crippen MR) is 161 cm³/mol. The zero-order valence-corrected chi connectivity index (χ0v) is 24.9. The number of methoxy groups -OCH3 is 1. The van der Waals surface area contributed by atoms with Crippen molar-refractivity contribution >= 4 is 17.6 Å². The fourth-order valence-electron chi connectivity index (χ4n) is 8.10. The van der Waals surface area contributed by atoms with Crippen LogP contribution in [0.15, 0.2) is 42.5 Å². The number of halogens is 1. The van der Waals surface area contributed by atoms with Gasteiger partial charge in [0.1, 0.15) is 11.6 Å². The Labute approximate surface area is 248 Å². The number of rotatable bonds is 7. The van der Waals surface area contributed by atoms with E-state index in [9.17, 15) is 19.1 Å². The highest BCUT2D eigenvalue weighted by molar-refractivity contribution is 5.81. The van der Waals surface area contributed by atoms with Gasteiger partial charge in [-0.05, 0) is 67.0 Å². The van der Waals surface area contributed by atoms with Crippen LogP contribution in [0, 0.1) is 23.6 Å². The molecule has 2 aromatic rings. The van der Waals surface area contributed by atoms with Crippen molar-refractivity contribution in [2.24, 2.45) is 17.8 Å². The monoisotopic (exact) mass is 577 g/mol. The molecule has 3 heterocycles. The van der Waals surface area contributed by atoms with E-state index in [2.05, 4.69) is 33.8 Å². The van der Waals surface area contributed by atoms with E-state index in [1.165, 1.54) is 37.3 Å². The number of hydrogen-bond donors (Lipinski definition) is 1. The normalized spacial score (nSPS) is 27.6. The lowest BCUT2D eigenvalue weighted by molar-refractivity contribution is -0.142. The summed E-state index contributed by atoms with van der Waals surface area (Å²) < 4.78 is 19.9. The topological polar surface area (TPSA) is 73.3 Å². The Morgan fingerprint density at radius 3 is 2.29 bits per heavy atom. The van der Waals surface area contributed by atoms with E-state index in [0.29, 0.717) is 45.1 Å². The van der Waals surface area contributed by atoms with Gasteiger partial charge in [0.25, 0.3) is 0 Å². The standard InChI is InChI=1S/C34H44FN3O4/c1-22-18-38(19-29(22)28-12-9-25(35)17-32(28)36-15-13-24(14-16-36)34(40)41)33(39)31-21-37(26-5-3-4-6-26)20-30(31)23-7-10-27(42-2)11-8-23/h7-12,17,22,24,26,29-31H,3-6,13-16,18-21H2,1-2H3,(H,40,41)/t22-,29-,30-,31+/m0/s1. The third kappa shape index (κ3) is 5.75. The van der Waals surface area contributed by atoms with Crippen LogP contribution in [0.1, 0.15) is 68.4 Å². The molecule has 8 heteroatoms. The average molecular weight is 578 g/mol. The Bertz CT molecular complexity index is 1270. The zero-order valence-electron chi connectivity index (χ0n) is 24.9. The molecule has 4 atom stereocenters. The van der Waals surface area contributed by atoms with Gasteiger partial charge in [-0.15, -0.1) is 0 Å². The number of piperidine rings is 1. The van der Waals surface area contributed by atoms with Gasteiger partial charge in [0, 0.05) is 62.8 Å². The lowest BCUT2D eigenvalue weighted by Gasteiger charge is -2.34. The molecule has 1 amide bonds. The number of carboxylic acid groups (broad SMARTS) is 1. The van der Waals surface area contributed by atoms with Gasteiger partial charge in [0.15, 0.2) is 0 Å². The number of ether oxygens (including phenoxy) is 1. The number of amides is 1. The predicted octanol–water partition coefficient (Wildman–Crippen LogP) is 5.36. The van der Waals surface area contributed by atoms with Crippen molar-refractivity contribution < 1.29 is 23.8 Å². The molecule has 42 heavy (non-hydrogen) atoms. The maximum Gasteiger partial charge on any atom is 0.306 e. The molecular weight excluding hydrogens is 533 g/mol. The summed E-state index contributed by atoms with van der Waals surface area (Å²) in [4.78, 5) is 32.6. The fraction of sp³-hybridized carbons (Fsp3) is 0.588. The molecule has 3 aliphatic heterocycles. The van der Waals surface area contributed by atoms with Crippen LogP contribution in [0.5, 0.6) is 5.75 Å². The molecule has 226 valence electrons. The maximum absolute atomic E-state index is 14.5. The van der Waals surface area contributed by atoms with Crippen LogP contribution >= 0.6 is 0 Å². The third-order valence-corrected chi connectivity index (χ3v) is 10.6. The van der Waals surface area contributed by atoms with Crippen LogP contribution in [-0.2, 0) is 9.59 Å². The summed E-state index contributed by atoms with van der Waals surface area (Å²) in [5.41, 5.74) is 3.12. The van der Waals surface area contributed by atoms with Crippen LogP contribution in [-0.4, -0.2) is 79.2 Å². The molecule has 0 spiro atoms. The van der Waals surface area contributed by atoms with E-state index in [-0.39, 0.29) is 41.3 Å². The quantitative estimate of drug-likeness (QED) is 0.478. The number of likely N-dealkylation sites (tertiary alicyclic amines) is 2. The van der Waals surface area contributed by atoms with Crippen molar-refractivity contribution in [3.8, 4) is 5.75 Å². The number of carboxylic acids is 1. The Kier molecular flexibility index (Phi) is 8.44. The second-order valence-electron chi connectivity index (χ2n) is 13.0. The van der Waals surface area contributed by atoms with Gasteiger partial charge in [-0.2, -0.15) is 0 Å². The number of carbonyl (C=O) groups is 2. The van der Waals surface area contributed by atoms with Gasteiger partial charge < -0.3 is 19.6 Å². The van der Waals surface area contributed by atoms with Gasteiger partial charge in [-0.25, -0.2) is 4.39 Å². The molecular formula is C34H44FN3O4. The van der Waals surface area contributed by atoms with Crippen molar-refractivity contribution in [2.75, 3.05) is 51.3 Å². The van der Waals surface area contributed by atoms with E-state index < -0.39 is 5.97 Å². The highest BCUT2D eigenvalue weighted by atomic mass is 19.1. The lowest BCUT2D eigenvalue weighted by atomic mass is 9.87. The maximum atomic E-state index is 14.5. The number of nitrogens with zero attached hydrogens (tertiary/aromatic N) is 3. The second kappa shape index (κ2) is 12.2. The second-order valence-corrected chi connectivity index (χ2v) is 13.0. The van der Waals surface area contributed by atoms with Crippen molar-refractivity contribution in [1.82, 2.24) is 9.80 Å². The number of hydrogen-bond acceptors (Lipinski definition) is 5. The Hall–Kier alpha value is -3.13. The molecule has 0 radical (unpaired) electrons. The number of carbonyl (C=O) groups excluding carboxylic acids is 1. The van der Waals surface area contributed by atoms with Crippen molar-refractivity contribution in [1.29, 1.82) is 0 Å². The summed E-state index contributed by atoms with van der Waals surface area (Å²) in [5.74, 6) is 0.0815. The van der Waals surface area contributed by atoms with Gasteiger partial charge in [0.2, 0.25) is 5.91 Å². The first kappa shape index (κ1) is 29.0. The van der Waals surface area contributed by atoms with Crippen LogP contribution < -0.4 is 9.64 Å². The molecule has 0 unspecified atom stereocenters. The van der Waals surface area contributed by atoms with E-state index >= 15 is 0 Å². The van der Waals surface area contributed by atoms with Crippen LogP contribution in [0.4, 0.5) is 10.1 Å². The first-order valence-corrected chi connectivity index (χ1v) is 15.8. The molecule has 2 aromatic carbocycles. The number of aliphatic carboxylic acids is 1. The summed E-state index contributed by atoms with van der Waals surface area (Å²) in [5, 5.41) is 9.44. The number of anilines is 1. The van der Waals surface area contributed by atoms with E-state index in [4.69, 9.17) is 4.74 Å². The average Bonchev–Trinajstić information content (AvgIpc) is 3.77. The largest absolute Gasteiger partial charge is 0.497 e. The van der Waals surface area contributed by atoms with E-state index in [1.807, 2.05) is 18.2 Å². The molecule has 6 rings (SSSR count). The minimum Gasteiger partial charge on any atom is -0.497 e. The Morgan fingerprint density at radius 1 is 0.905 bits per heavy atom. The van der Waals surface area contributed by atoms with Crippen LogP contribution in [0.3, 0.4) is 0 Å². The zero-order chi connectivity index (χ0) is 29.4. The molecule has 7 nitrogen and oxygen atoms in total. The molecule has 1 N–H and O–H groups in total. The highest BCUT2D eigenvalue weighted by Crippen LogP contribution is 2.43. The third-order valence-electron chi connectivity index (χ3n) is 10.6. The van der Waals surface area contributed by atoms with Crippen LogP contribution in [0.2, 0.25) is 0 Å². The summed E-state index contributed by atoms with van der Waals surface area (Å²) in [6, 6.07) is 13.8. The summed E-state index contributed by atoms with van der Waals surface area (Å²) in [6.45, 7) is 6.42. The Balaban J connectivity index is 1.21. The first-order chi connectivity index (χ1) is 20.3.